The van der Waals surface area contributed by atoms with E-state index in [1.165, 1.54) is 4.90 Å². The average molecular weight is 206 g/mol. The Morgan fingerprint density at radius 1 is 1.40 bits per heavy atom. The summed E-state index contributed by atoms with van der Waals surface area (Å²) in [4.78, 5) is 26.0. The first-order valence-corrected chi connectivity index (χ1v) is 4.34. The normalized spacial score (nSPS) is 13.7. The van der Waals surface area contributed by atoms with E-state index in [2.05, 4.69) is 4.98 Å². The third kappa shape index (κ3) is 1.56. The van der Waals surface area contributed by atoms with Crippen LogP contribution in [-0.4, -0.2) is 21.8 Å². The van der Waals surface area contributed by atoms with Crippen molar-refractivity contribution >= 4 is 18.0 Å². The molecule has 1 aromatic rings. The Morgan fingerprint density at radius 3 is 2.73 bits per heavy atom. The van der Waals surface area contributed by atoms with Crippen molar-refractivity contribution in [2.45, 2.75) is 6.54 Å². The van der Waals surface area contributed by atoms with Gasteiger partial charge in [0.05, 0.1) is 6.54 Å². The van der Waals surface area contributed by atoms with Crippen molar-refractivity contribution < 1.29 is 9.59 Å². The number of carbonyl (C=O) groups excluding carboxylic acids is 2. The van der Waals surface area contributed by atoms with E-state index in [0.717, 1.165) is 11.3 Å². The van der Waals surface area contributed by atoms with Gasteiger partial charge in [-0.3, -0.25) is 9.69 Å². The van der Waals surface area contributed by atoms with Crippen LogP contribution in [0.5, 0.6) is 0 Å². The third-order valence-electron chi connectivity index (χ3n) is 2.24. The Labute approximate surface area is 85.5 Å². The van der Waals surface area contributed by atoms with Gasteiger partial charge in [-0.25, -0.2) is 4.79 Å². The quantitative estimate of drug-likeness (QED) is 0.600. The Hall–Kier alpha value is -2.24. The fourth-order valence-corrected chi connectivity index (χ4v) is 1.47. The first-order chi connectivity index (χ1) is 7.08. The highest BCUT2D eigenvalue weighted by molar-refractivity contribution is 5.92. The molecule has 2 heterocycles. The van der Waals surface area contributed by atoms with Crippen LogP contribution in [0.2, 0.25) is 0 Å². The standard InChI is InChI=1S/C9H10N4O2/c10-8(14)6-3-5-1-2-13(9(11)15)4-7(5)12-6/h1-3,12H,4H2,(H2,10,14)(H2,11,15). The molecule has 1 aromatic heterocycles. The smallest absolute Gasteiger partial charge is 0.319 e. The summed E-state index contributed by atoms with van der Waals surface area (Å²) in [5.74, 6) is -0.525. The number of urea groups is 1. The van der Waals surface area contributed by atoms with Crippen LogP contribution in [0.3, 0.4) is 0 Å². The van der Waals surface area contributed by atoms with Crippen LogP contribution in [-0.2, 0) is 6.54 Å². The summed E-state index contributed by atoms with van der Waals surface area (Å²) >= 11 is 0. The van der Waals surface area contributed by atoms with Gasteiger partial charge in [-0.2, -0.15) is 0 Å². The molecule has 78 valence electrons. The second-order valence-electron chi connectivity index (χ2n) is 3.26. The van der Waals surface area contributed by atoms with Crippen LogP contribution in [0.1, 0.15) is 21.7 Å². The maximum atomic E-state index is 10.9. The van der Waals surface area contributed by atoms with E-state index in [9.17, 15) is 9.59 Å². The van der Waals surface area contributed by atoms with E-state index in [1.807, 2.05) is 0 Å². The molecule has 1 aliphatic rings. The lowest BCUT2D eigenvalue weighted by Crippen LogP contribution is -2.32. The van der Waals surface area contributed by atoms with Crippen molar-refractivity contribution in [1.82, 2.24) is 9.88 Å². The fourth-order valence-electron chi connectivity index (χ4n) is 1.47. The molecule has 1 aliphatic heterocycles. The van der Waals surface area contributed by atoms with Crippen molar-refractivity contribution in [3.05, 3.63) is 29.2 Å². The van der Waals surface area contributed by atoms with Gasteiger partial charge in [-0.15, -0.1) is 0 Å². The lowest BCUT2D eigenvalue weighted by Gasteiger charge is -2.18. The van der Waals surface area contributed by atoms with Gasteiger partial charge >= 0.3 is 6.03 Å². The summed E-state index contributed by atoms with van der Waals surface area (Å²) in [6, 6.07) is 1.11. The van der Waals surface area contributed by atoms with Crippen LogP contribution in [0.15, 0.2) is 12.3 Å². The molecular formula is C9H10N4O2. The van der Waals surface area contributed by atoms with Crippen LogP contribution >= 0.6 is 0 Å². The lowest BCUT2D eigenvalue weighted by atomic mass is 10.2. The van der Waals surface area contributed by atoms with Crippen molar-refractivity contribution in [3.8, 4) is 0 Å². The number of primary amides is 2. The van der Waals surface area contributed by atoms with E-state index < -0.39 is 11.9 Å². The first-order valence-electron chi connectivity index (χ1n) is 4.34. The number of fused-ring (bicyclic) bond motifs is 1. The number of carbonyl (C=O) groups is 2. The van der Waals surface area contributed by atoms with Gasteiger partial charge in [-0.05, 0) is 17.7 Å². The van der Waals surface area contributed by atoms with E-state index >= 15 is 0 Å². The molecule has 0 bridgehead atoms. The average Bonchev–Trinajstić information content (AvgIpc) is 2.59. The zero-order valence-corrected chi connectivity index (χ0v) is 7.86. The highest BCUT2D eigenvalue weighted by Gasteiger charge is 2.17. The second kappa shape index (κ2) is 3.16. The molecule has 6 nitrogen and oxygen atoms in total. The highest BCUT2D eigenvalue weighted by atomic mass is 16.2. The minimum Gasteiger partial charge on any atom is -0.364 e. The number of amides is 3. The van der Waals surface area contributed by atoms with Crippen LogP contribution in [0.25, 0.3) is 6.08 Å². The molecule has 0 aliphatic carbocycles. The van der Waals surface area contributed by atoms with Gasteiger partial charge in [-0.1, -0.05) is 0 Å². The fraction of sp³-hybridized carbons (Fsp3) is 0.111. The Kier molecular flexibility index (Phi) is 1.96. The summed E-state index contributed by atoms with van der Waals surface area (Å²) in [5, 5.41) is 0. The molecule has 0 saturated heterocycles. The van der Waals surface area contributed by atoms with Gasteiger partial charge in [0.25, 0.3) is 5.91 Å². The molecule has 0 radical (unpaired) electrons. The van der Waals surface area contributed by atoms with Crippen LogP contribution < -0.4 is 11.5 Å². The molecule has 15 heavy (non-hydrogen) atoms. The van der Waals surface area contributed by atoms with Crippen molar-refractivity contribution in [2.75, 3.05) is 0 Å². The monoisotopic (exact) mass is 206 g/mol. The highest BCUT2D eigenvalue weighted by Crippen LogP contribution is 2.19. The number of hydrogen-bond donors (Lipinski definition) is 3. The number of aromatic amines is 1. The molecule has 0 atom stereocenters. The van der Waals surface area contributed by atoms with Crippen molar-refractivity contribution in [2.24, 2.45) is 11.5 Å². The third-order valence-corrected chi connectivity index (χ3v) is 2.24. The van der Waals surface area contributed by atoms with Gasteiger partial charge in [0.2, 0.25) is 0 Å². The zero-order valence-electron chi connectivity index (χ0n) is 7.86. The van der Waals surface area contributed by atoms with E-state index in [-0.39, 0.29) is 0 Å². The molecule has 2 rings (SSSR count). The summed E-state index contributed by atoms with van der Waals surface area (Å²) in [6.45, 7) is 0.328. The minimum atomic E-state index is -0.535. The van der Waals surface area contributed by atoms with Crippen LogP contribution in [0, 0.1) is 0 Å². The first kappa shape index (κ1) is 9.32. The Morgan fingerprint density at radius 2 is 2.13 bits per heavy atom. The molecule has 0 aromatic carbocycles. The van der Waals surface area contributed by atoms with E-state index in [4.69, 9.17) is 11.5 Å². The maximum absolute atomic E-state index is 10.9. The molecule has 0 saturated carbocycles. The Bertz CT molecular complexity index is 461. The lowest BCUT2D eigenvalue weighted by molar-refractivity contribution is 0.0996. The predicted octanol–water partition coefficient (Wildman–Crippen LogP) is -0.0214. The molecule has 0 spiro atoms. The largest absolute Gasteiger partial charge is 0.364 e. The summed E-state index contributed by atoms with van der Waals surface area (Å²) < 4.78 is 0. The Balaban J connectivity index is 2.33. The molecule has 0 unspecified atom stereocenters. The predicted molar refractivity (Wildman–Crippen MR) is 53.5 cm³/mol. The number of nitrogens with two attached hydrogens (primary N) is 2. The van der Waals surface area contributed by atoms with Crippen LogP contribution in [0.4, 0.5) is 4.79 Å². The van der Waals surface area contributed by atoms with Crippen molar-refractivity contribution in [1.29, 1.82) is 0 Å². The number of rotatable bonds is 1. The minimum absolute atomic E-state index is 0.328. The SMILES string of the molecule is NC(=O)c1cc2c([nH]1)CN(C(N)=O)C=C2. The van der Waals surface area contributed by atoms with Crippen molar-refractivity contribution in [3.63, 3.8) is 0 Å². The molecule has 3 amide bonds. The summed E-state index contributed by atoms with van der Waals surface area (Å²) in [6.07, 6.45) is 3.27. The number of aromatic nitrogens is 1. The molecule has 6 heteroatoms. The number of nitrogens with one attached hydrogen (secondary N) is 1. The summed E-state index contributed by atoms with van der Waals surface area (Å²) in [5.41, 5.74) is 12.2. The molecular weight excluding hydrogens is 196 g/mol. The van der Waals surface area contributed by atoms with Gasteiger partial charge in [0.1, 0.15) is 5.69 Å². The van der Waals surface area contributed by atoms with Gasteiger partial charge in [0.15, 0.2) is 0 Å². The zero-order chi connectivity index (χ0) is 11.0. The van der Waals surface area contributed by atoms with Gasteiger partial charge in [0, 0.05) is 11.9 Å². The van der Waals surface area contributed by atoms with Gasteiger partial charge < -0.3 is 16.5 Å². The molecule has 5 N–H and O–H groups in total. The topological polar surface area (TPSA) is 105 Å². The number of nitrogens with zero attached hydrogens (tertiary/aromatic N) is 1. The number of hydrogen-bond acceptors (Lipinski definition) is 2. The van der Waals surface area contributed by atoms with E-state index in [1.54, 1.807) is 18.3 Å². The number of H-pyrrole nitrogens is 1. The molecule has 0 fully saturated rings. The van der Waals surface area contributed by atoms with E-state index in [0.29, 0.717) is 12.2 Å². The maximum Gasteiger partial charge on any atom is 0.319 e. The second-order valence-corrected chi connectivity index (χ2v) is 3.26. The summed E-state index contributed by atoms with van der Waals surface area (Å²) in [7, 11) is 0.